The molecule has 1 aromatic heterocycles. The van der Waals surface area contributed by atoms with E-state index in [-0.39, 0.29) is 0 Å². The van der Waals surface area contributed by atoms with E-state index < -0.39 is 0 Å². The highest BCUT2D eigenvalue weighted by atomic mass is 35.5. The van der Waals surface area contributed by atoms with Gasteiger partial charge in [-0.05, 0) is 48.5 Å². The Hall–Kier alpha value is -2.57. The van der Waals surface area contributed by atoms with Crippen molar-refractivity contribution < 1.29 is 14.0 Å². The minimum atomic E-state index is 0.559. The highest BCUT2D eigenvalue weighted by Crippen LogP contribution is 2.28. The summed E-state index contributed by atoms with van der Waals surface area (Å²) in [7, 11) is 3.26. The van der Waals surface area contributed by atoms with Crippen LogP contribution in [0.2, 0.25) is 5.02 Å². The van der Waals surface area contributed by atoms with Gasteiger partial charge in [0.05, 0.1) is 20.8 Å². The summed E-state index contributed by atoms with van der Waals surface area (Å²) in [6.07, 6.45) is 0. The number of aromatic nitrogens is 2. The largest absolute Gasteiger partial charge is 0.493 e. The smallest absolute Gasteiger partial charge is 0.241 e. The molecule has 0 N–H and O–H groups in total. The van der Waals surface area contributed by atoms with Gasteiger partial charge in [-0.25, -0.2) is 0 Å². The number of benzene rings is 2. The number of rotatable bonds is 8. The van der Waals surface area contributed by atoms with Crippen molar-refractivity contribution >= 4 is 11.6 Å². The van der Waals surface area contributed by atoms with E-state index >= 15 is 0 Å². The third-order valence-electron chi connectivity index (χ3n) is 4.23. The van der Waals surface area contributed by atoms with Crippen molar-refractivity contribution in [2.24, 2.45) is 0 Å². The molecule has 0 aliphatic heterocycles. The number of ether oxygens (including phenoxy) is 2. The molecular weight excluding hydrogens is 366 g/mol. The van der Waals surface area contributed by atoms with Gasteiger partial charge in [-0.3, -0.25) is 4.90 Å². The van der Waals surface area contributed by atoms with Crippen LogP contribution < -0.4 is 9.47 Å². The molecule has 7 heteroatoms. The predicted octanol–water partition coefficient (Wildman–Crippen LogP) is 4.43. The van der Waals surface area contributed by atoms with Gasteiger partial charge in [0.25, 0.3) is 0 Å². The standard InChI is InChI=1S/C20H22ClN3O3/c1-4-24(12-14-5-10-17(25-2)18(11-14)26-3)13-19-22-20(23-27-19)15-6-8-16(21)9-7-15/h5-11H,4,12-13H2,1-3H3. The SMILES string of the molecule is CCN(Cc1ccc(OC)c(OC)c1)Cc1nc(-c2ccc(Cl)cc2)no1. The summed E-state index contributed by atoms with van der Waals surface area (Å²) < 4.78 is 16.1. The average Bonchev–Trinajstić information content (AvgIpc) is 3.16. The Kier molecular flexibility index (Phi) is 6.32. The van der Waals surface area contributed by atoms with Crippen LogP contribution in [0.4, 0.5) is 0 Å². The van der Waals surface area contributed by atoms with Crippen molar-refractivity contribution in [3.8, 4) is 22.9 Å². The van der Waals surface area contributed by atoms with Crippen LogP contribution in [-0.4, -0.2) is 35.8 Å². The van der Waals surface area contributed by atoms with E-state index in [9.17, 15) is 0 Å². The average molecular weight is 388 g/mol. The minimum absolute atomic E-state index is 0.559. The molecule has 0 spiro atoms. The zero-order chi connectivity index (χ0) is 19.2. The first-order valence-electron chi connectivity index (χ1n) is 8.64. The summed E-state index contributed by atoms with van der Waals surface area (Å²) in [6, 6.07) is 13.3. The van der Waals surface area contributed by atoms with E-state index in [1.54, 1.807) is 14.2 Å². The first-order valence-corrected chi connectivity index (χ1v) is 9.02. The number of methoxy groups -OCH3 is 2. The molecule has 0 saturated carbocycles. The second kappa shape index (κ2) is 8.88. The Labute approximate surface area is 163 Å². The van der Waals surface area contributed by atoms with Gasteiger partial charge in [0.2, 0.25) is 11.7 Å². The topological polar surface area (TPSA) is 60.6 Å². The van der Waals surface area contributed by atoms with Gasteiger partial charge in [-0.1, -0.05) is 29.7 Å². The highest BCUT2D eigenvalue weighted by molar-refractivity contribution is 6.30. The molecule has 0 amide bonds. The molecule has 0 unspecified atom stereocenters. The van der Waals surface area contributed by atoms with Crippen molar-refractivity contribution in [3.63, 3.8) is 0 Å². The van der Waals surface area contributed by atoms with Crippen LogP contribution in [0.15, 0.2) is 47.0 Å². The van der Waals surface area contributed by atoms with Crippen LogP contribution in [0.3, 0.4) is 0 Å². The van der Waals surface area contributed by atoms with Gasteiger partial charge in [0.1, 0.15) is 0 Å². The Morgan fingerprint density at radius 3 is 2.41 bits per heavy atom. The third kappa shape index (κ3) is 4.78. The molecule has 0 radical (unpaired) electrons. The Morgan fingerprint density at radius 2 is 1.74 bits per heavy atom. The first-order chi connectivity index (χ1) is 13.1. The zero-order valence-corrected chi connectivity index (χ0v) is 16.4. The molecule has 3 rings (SSSR count). The van der Waals surface area contributed by atoms with Gasteiger partial charge in [0, 0.05) is 17.1 Å². The van der Waals surface area contributed by atoms with Crippen molar-refractivity contribution in [2.75, 3.05) is 20.8 Å². The van der Waals surface area contributed by atoms with Crippen molar-refractivity contribution in [2.45, 2.75) is 20.0 Å². The molecule has 2 aromatic carbocycles. The van der Waals surface area contributed by atoms with E-state index in [2.05, 4.69) is 22.0 Å². The van der Waals surface area contributed by atoms with E-state index in [1.807, 2.05) is 42.5 Å². The van der Waals surface area contributed by atoms with Gasteiger partial charge in [0.15, 0.2) is 11.5 Å². The molecule has 6 nitrogen and oxygen atoms in total. The predicted molar refractivity (Wildman–Crippen MR) is 104 cm³/mol. The number of hydrogen-bond donors (Lipinski definition) is 0. The molecular formula is C20H22ClN3O3. The molecule has 0 aliphatic carbocycles. The van der Waals surface area contributed by atoms with Crippen molar-refractivity contribution in [1.82, 2.24) is 15.0 Å². The summed E-state index contributed by atoms with van der Waals surface area (Å²) in [4.78, 5) is 6.70. The number of nitrogens with zero attached hydrogens (tertiary/aromatic N) is 3. The zero-order valence-electron chi connectivity index (χ0n) is 15.6. The first kappa shape index (κ1) is 19.2. The van der Waals surface area contributed by atoms with Crippen molar-refractivity contribution in [3.05, 3.63) is 58.9 Å². The van der Waals surface area contributed by atoms with Gasteiger partial charge in [-0.15, -0.1) is 0 Å². The Morgan fingerprint density at radius 1 is 1.00 bits per heavy atom. The van der Waals surface area contributed by atoms with Crippen LogP contribution in [-0.2, 0) is 13.1 Å². The fourth-order valence-electron chi connectivity index (χ4n) is 2.74. The second-order valence-electron chi connectivity index (χ2n) is 6.01. The molecule has 0 fully saturated rings. The van der Waals surface area contributed by atoms with E-state index in [0.29, 0.717) is 34.8 Å². The van der Waals surface area contributed by atoms with Gasteiger partial charge >= 0.3 is 0 Å². The third-order valence-corrected chi connectivity index (χ3v) is 4.48. The minimum Gasteiger partial charge on any atom is -0.493 e. The summed E-state index contributed by atoms with van der Waals surface area (Å²) >= 11 is 5.92. The van der Waals surface area contributed by atoms with E-state index in [1.165, 1.54) is 0 Å². The quantitative estimate of drug-likeness (QED) is 0.569. The number of hydrogen-bond acceptors (Lipinski definition) is 6. The van der Waals surface area contributed by atoms with Crippen LogP contribution >= 0.6 is 11.6 Å². The summed E-state index contributed by atoms with van der Waals surface area (Å²) in [5.74, 6) is 2.56. The fourth-order valence-corrected chi connectivity index (χ4v) is 2.87. The molecule has 1 heterocycles. The maximum absolute atomic E-state index is 5.92. The van der Waals surface area contributed by atoms with Gasteiger partial charge < -0.3 is 14.0 Å². The monoisotopic (exact) mass is 387 g/mol. The van der Waals surface area contributed by atoms with Crippen LogP contribution in [0.5, 0.6) is 11.5 Å². The van der Waals surface area contributed by atoms with Crippen LogP contribution in [0.1, 0.15) is 18.4 Å². The van der Waals surface area contributed by atoms with Crippen LogP contribution in [0, 0.1) is 0 Å². The molecule has 27 heavy (non-hydrogen) atoms. The maximum atomic E-state index is 5.92. The lowest BCUT2D eigenvalue weighted by molar-refractivity contribution is 0.228. The summed E-state index contributed by atoms with van der Waals surface area (Å²) in [5.41, 5.74) is 1.99. The fraction of sp³-hybridized carbons (Fsp3) is 0.300. The summed E-state index contributed by atoms with van der Waals surface area (Å²) in [5, 5.41) is 4.74. The highest BCUT2D eigenvalue weighted by Gasteiger charge is 2.14. The normalized spacial score (nSPS) is 11.0. The van der Waals surface area contributed by atoms with Gasteiger partial charge in [-0.2, -0.15) is 4.98 Å². The lowest BCUT2D eigenvalue weighted by Gasteiger charge is -2.19. The second-order valence-corrected chi connectivity index (χ2v) is 6.45. The van der Waals surface area contributed by atoms with Crippen molar-refractivity contribution in [1.29, 1.82) is 0 Å². The lowest BCUT2D eigenvalue weighted by atomic mass is 10.2. The molecule has 0 aliphatic rings. The summed E-state index contributed by atoms with van der Waals surface area (Å²) in [6.45, 7) is 4.23. The molecule has 142 valence electrons. The Bertz CT molecular complexity index is 880. The molecule has 0 bridgehead atoms. The molecule has 0 atom stereocenters. The lowest BCUT2D eigenvalue weighted by Crippen LogP contribution is -2.22. The van der Waals surface area contributed by atoms with E-state index in [0.717, 1.165) is 24.2 Å². The number of halogens is 1. The maximum Gasteiger partial charge on any atom is 0.241 e. The molecule has 3 aromatic rings. The molecule has 0 saturated heterocycles. The van der Waals surface area contributed by atoms with E-state index in [4.69, 9.17) is 25.6 Å². The Balaban J connectivity index is 1.69. The van der Waals surface area contributed by atoms with Crippen LogP contribution in [0.25, 0.3) is 11.4 Å².